The average Bonchev–Trinajstić information content (AvgIpc) is 2.28. The molecule has 0 bridgehead atoms. The molecule has 2 rings (SSSR count). The van der Waals surface area contributed by atoms with E-state index in [-0.39, 0.29) is 59.1 Å². The Hall–Kier alpha value is 0.850. The van der Waals surface area contributed by atoms with Crippen LogP contribution in [0.4, 0.5) is 0 Å². The van der Waals surface area contributed by atoms with Crippen LogP contribution in [0, 0.1) is 0 Å². The van der Waals surface area contributed by atoms with E-state index in [0.29, 0.717) is 12.0 Å². The molecule has 0 fully saturated rings. The van der Waals surface area contributed by atoms with Gasteiger partial charge in [0.05, 0.1) is 0 Å². The molecule has 90 valence electrons. The van der Waals surface area contributed by atoms with Gasteiger partial charge in [-0.3, -0.25) is 0 Å². The minimum atomic E-state index is -4.60. The second-order valence-corrected chi connectivity index (χ2v) is 5.74. The summed E-state index contributed by atoms with van der Waals surface area (Å²) in [6, 6.07) is 12.9. The molecule has 0 radical (unpaired) electrons. The molecule has 0 amide bonds. The van der Waals surface area contributed by atoms with Crippen molar-refractivity contribution in [3.05, 3.63) is 48.0 Å². The van der Waals surface area contributed by atoms with Crippen molar-refractivity contribution in [2.24, 2.45) is 0 Å². The van der Waals surface area contributed by atoms with E-state index in [2.05, 4.69) is 0 Å². The van der Waals surface area contributed by atoms with E-state index in [0.717, 1.165) is 10.8 Å². The van der Waals surface area contributed by atoms with E-state index in [1.165, 1.54) is 0 Å². The molecule has 0 spiro atoms. The molecule has 0 aliphatic heterocycles. The Bertz CT molecular complexity index is 578. The van der Waals surface area contributed by atoms with Crippen molar-refractivity contribution in [2.75, 3.05) is 0 Å². The Morgan fingerprint density at radius 3 is 2.21 bits per heavy atom. The van der Waals surface area contributed by atoms with Gasteiger partial charge in [0.1, 0.15) is 0 Å². The average molecular weight is 294 g/mol. The molecule has 0 aromatic heterocycles. The SMILES string of the molecule is CCC(c1cccc2ccccc12)P(=O)([O-])[O-].[Na+].[Na+]. The molecular weight excluding hydrogens is 281 g/mol. The Balaban J connectivity index is 0.00000162. The summed E-state index contributed by atoms with van der Waals surface area (Å²) < 4.78 is 11.3. The van der Waals surface area contributed by atoms with E-state index < -0.39 is 13.3 Å². The van der Waals surface area contributed by atoms with Crippen LogP contribution in [0.2, 0.25) is 0 Å². The maximum absolute atomic E-state index is 11.3. The molecule has 1 atom stereocenters. The van der Waals surface area contributed by atoms with E-state index in [4.69, 9.17) is 0 Å². The van der Waals surface area contributed by atoms with E-state index in [1.54, 1.807) is 19.1 Å². The van der Waals surface area contributed by atoms with E-state index in [1.807, 2.05) is 30.3 Å². The Labute approximate surface area is 157 Å². The summed E-state index contributed by atoms with van der Waals surface area (Å²) in [5.74, 6) is 0. The van der Waals surface area contributed by atoms with Crippen LogP contribution in [-0.4, -0.2) is 0 Å². The molecule has 0 heterocycles. The van der Waals surface area contributed by atoms with E-state index in [9.17, 15) is 14.4 Å². The van der Waals surface area contributed by atoms with Gasteiger partial charge in [-0.2, -0.15) is 0 Å². The molecule has 1 unspecified atom stereocenters. The number of hydrogen-bond acceptors (Lipinski definition) is 3. The molecule has 0 N–H and O–H groups in total. The third-order valence-electron chi connectivity index (χ3n) is 2.95. The normalized spacial score (nSPS) is 12.4. The van der Waals surface area contributed by atoms with Crippen LogP contribution < -0.4 is 68.9 Å². The van der Waals surface area contributed by atoms with Gasteiger partial charge in [0.25, 0.3) is 0 Å². The van der Waals surface area contributed by atoms with Crippen LogP contribution in [0.15, 0.2) is 42.5 Å². The van der Waals surface area contributed by atoms with Gasteiger partial charge in [0.15, 0.2) is 0 Å². The first-order chi connectivity index (χ1) is 8.04. The maximum atomic E-state index is 11.3. The van der Waals surface area contributed by atoms with Gasteiger partial charge in [-0.05, 0) is 22.8 Å². The second-order valence-electron chi connectivity index (χ2n) is 4.03. The zero-order valence-electron chi connectivity index (χ0n) is 11.5. The van der Waals surface area contributed by atoms with Crippen molar-refractivity contribution >= 4 is 18.4 Å². The molecule has 0 saturated heterocycles. The van der Waals surface area contributed by atoms with Crippen molar-refractivity contribution in [1.82, 2.24) is 0 Å². The molecule has 6 heteroatoms. The maximum Gasteiger partial charge on any atom is 1.00 e. The molecule has 3 nitrogen and oxygen atoms in total. The summed E-state index contributed by atoms with van der Waals surface area (Å²) in [4.78, 5) is 22.6. The van der Waals surface area contributed by atoms with Crippen LogP contribution in [0.25, 0.3) is 10.8 Å². The summed E-state index contributed by atoms with van der Waals surface area (Å²) in [6.45, 7) is 1.72. The third-order valence-corrected chi connectivity index (χ3v) is 4.36. The third kappa shape index (κ3) is 4.67. The molecule has 2 aromatic carbocycles. The fraction of sp³-hybridized carbons (Fsp3) is 0.231. The van der Waals surface area contributed by atoms with Crippen molar-refractivity contribution in [3.8, 4) is 0 Å². The monoisotopic (exact) mass is 294 g/mol. The van der Waals surface area contributed by atoms with Crippen LogP contribution >= 0.6 is 7.60 Å². The minimum absolute atomic E-state index is 0. The summed E-state index contributed by atoms with van der Waals surface area (Å²) in [5, 5.41) is 1.80. The fourth-order valence-electron chi connectivity index (χ4n) is 2.15. The van der Waals surface area contributed by atoms with Crippen LogP contribution in [-0.2, 0) is 4.57 Å². The van der Waals surface area contributed by atoms with Crippen molar-refractivity contribution < 1.29 is 73.5 Å². The smallest absolute Gasteiger partial charge is 0.810 e. The first-order valence-electron chi connectivity index (χ1n) is 5.53. The number of rotatable bonds is 3. The minimum Gasteiger partial charge on any atom is -0.810 e. The summed E-state index contributed by atoms with van der Waals surface area (Å²) in [7, 11) is -4.60. The topological polar surface area (TPSA) is 63.2 Å². The molecule has 0 aliphatic rings. The number of fused-ring (bicyclic) bond motifs is 1. The van der Waals surface area contributed by atoms with Gasteiger partial charge in [0, 0.05) is 5.66 Å². The number of hydrogen-bond donors (Lipinski definition) is 0. The predicted molar refractivity (Wildman–Crippen MR) is 64.6 cm³/mol. The number of benzene rings is 2. The molecule has 0 saturated carbocycles. The van der Waals surface area contributed by atoms with Gasteiger partial charge in [0.2, 0.25) is 0 Å². The van der Waals surface area contributed by atoms with Crippen molar-refractivity contribution in [3.63, 3.8) is 0 Å². The molecule has 0 aliphatic carbocycles. The quantitative estimate of drug-likeness (QED) is 0.431. The first-order valence-corrected chi connectivity index (χ1v) is 7.14. The summed E-state index contributed by atoms with van der Waals surface area (Å²) >= 11 is 0. The molecule has 2 aromatic rings. The molecule has 19 heavy (non-hydrogen) atoms. The largest absolute Gasteiger partial charge is 1.00 e. The van der Waals surface area contributed by atoms with Gasteiger partial charge in [-0.15, -0.1) is 0 Å². The first kappa shape index (κ1) is 19.9. The zero-order chi connectivity index (χ0) is 12.5. The van der Waals surface area contributed by atoms with Crippen molar-refractivity contribution in [1.29, 1.82) is 0 Å². The summed E-state index contributed by atoms with van der Waals surface area (Å²) in [6.07, 6.45) is 0.304. The Kier molecular flexibility index (Phi) is 8.70. The standard InChI is InChI=1S/C13H15O3P.2Na/c1-2-13(17(14,15)16)12-9-5-7-10-6-3-4-8-11(10)12;;/h3-9,13H,2H2,1H3,(H2,14,15,16);;/q;2*+1/p-2. The predicted octanol–water partition coefficient (Wildman–Crippen LogP) is -3.79. The van der Waals surface area contributed by atoms with Crippen LogP contribution in [0.3, 0.4) is 0 Å². The van der Waals surface area contributed by atoms with E-state index >= 15 is 0 Å². The Morgan fingerprint density at radius 1 is 1.05 bits per heavy atom. The second kappa shape index (κ2) is 8.33. The van der Waals surface area contributed by atoms with Crippen LogP contribution in [0.1, 0.15) is 24.6 Å². The van der Waals surface area contributed by atoms with Crippen molar-refractivity contribution in [2.45, 2.75) is 19.0 Å². The van der Waals surface area contributed by atoms with Gasteiger partial charge in [-0.1, -0.05) is 57.0 Å². The van der Waals surface area contributed by atoms with Gasteiger partial charge >= 0.3 is 59.1 Å². The summed E-state index contributed by atoms with van der Waals surface area (Å²) in [5.41, 5.74) is -0.326. The van der Waals surface area contributed by atoms with Gasteiger partial charge in [-0.25, -0.2) is 0 Å². The molecular formula is C13H13Na2O3P. The fourth-order valence-corrected chi connectivity index (χ4v) is 3.17. The Morgan fingerprint density at radius 2 is 1.63 bits per heavy atom. The van der Waals surface area contributed by atoms with Gasteiger partial charge < -0.3 is 14.4 Å². The zero-order valence-corrected chi connectivity index (χ0v) is 16.4. The van der Waals surface area contributed by atoms with Crippen LogP contribution in [0.5, 0.6) is 0 Å².